The number of amides is 1. The number of pyridine rings is 1. The fourth-order valence-corrected chi connectivity index (χ4v) is 2.41. The van der Waals surface area contributed by atoms with Crippen molar-refractivity contribution in [2.24, 2.45) is 0 Å². The van der Waals surface area contributed by atoms with E-state index in [0.717, 1.165) is 28.5 Å². The van der Waals surface area contributed by atoms with Crippen LogP contribution >= 0.6 is 0 Å². The number of nitrogens with one attached hydrogen (secondary N) is 2. The van der Waals surface area contributed by atoms with Crippen molar-refractivity contribution in [1.82, 2.24) is 10.3 Å². The number of hydrogen-bond donors (Lipinski definition) is 2. The first-order chi connectivity index (χ1) is 10.5. The van der Waals surface area contributed by atoms with Gasteiger partial charge in [-0.2, -0.15) is 5.26 Å². The number of anilines is 1. The Bertz CT molecular complexity index is 746. The van der Waals surface area contributed by atoms with Gasteiger partial charge < -0.3 is 10.6 Å². The fraction of sp³-hybridized carbons (Fsp3) is 0.353. The van der Waals surface area contributed by atoms with Crippen LogP contribution in [0.4, 0.5) is 5.82 Å². The number of rotatable bonds is 5. The highest BCUT2D eigenvalue weighted by atomic mass is 16.1. The van der Waals surface area contributed by atoms with E-state index in [9.17, 15) is 10.1 Å². The summed E-state index contributed by atoms with van der Waals surface area (Å²) in [6.07, 6.45) is 0.775. The number of aryl methyl sites for hydroxylation is 2. The lowest BCUT2D eigenvalue weighted by Crippen LogP contribution is -2.22. The molecule has 0 radical (unpaired) electrons. The summed E-state index contributed by atoms with van der Waals surface area (Å²) in [4.78, 5) is 15.4. The molecule has 0 aliphatic carbocycles. The summed E-state index contributed by atoms with van der Waals surface area (Å²) in [6, 6.07) is 8.18. The van der Waals surface area contributed by atoms with Gasteiger partial charge in [0.25, 0.3) is 0 Å². The zero-order chi connectivity index (χ0) is 16.1. The summed E-state index contributed by atoms with van der Waals surface area (Å²) in [5.74, 6) is 0.565. The van der Waals surface area contributed by atoms with Crippen LogP contribution in [0.1, 0.15) is 30.0 Å². The van der Waals surface area contributed by atoms with E-state index in [0.29, 0.717) is 24.5 Å². The Kier molecular flexibility index (Phi) is 4.95. The number of carbonyl (C=O) groups is 1. The van der Waals surface area contributed by atoms with Crippen LogP contribution in [0.5, 0.6) is 0 Å². The largest absolute Gasteiger partial charge is 0.369 e. The first kappa shape index (κ1) is 15.8. The maximum Gasteiger partial charge on any atom is 0.216 e. The number of nitriles is 1. The monoisotopic (exact) mass is 296 g/mol. The molecule has 0 spiro atoms. The number of nitrogens with zero attached hydrogens (tertiary/aromatic N) is 2. The first-order valence-electron chi connectivity index (χ1n) is 7.31. The maximum absolute atomic E-state index is 10.8. The van der Waals surface area contributed by atoms with Gasteiger partial charge in [0.2, 0.25) is 5.91 Å². The van der Waals surface area contributed by atoms with Gasteiger partial charge in [-0.1, -0.05) is 6.07 Å². The minimum atomic E-state index is -0.0347. The van der Waals surface area contributed by atoms with E-state index in [4.69, 9.17) is 0 Å². The summed E-state index contributed by atoms with van der Waals surface area (Å²) in [5.41, 5.74) is 3.70. The summed E-state index contributed by atoms with van der Waals surface area (Å²) < 4.78 is 0. The Labute approximate surface area is 130 Å². The van der Waals surface area contributed by atoms with Gasteiger partial charge in [0.05, 0.1) is 11.1 Å². The normalized spacial score (nSPS) is 10.3. The molecular weight excluding hydrogens is 276 g/mol. The molecule has 2 rings (SSSR count). The Morgan fingerprint density at radius 1 is 1.27 bits per heavy atom. The molecule has 5 heteroatoms. The molecule has 0 aliphatic heterocycles. The smallest absolute Gasteiger partial charge is 0.216 e. The molecule has 0 saturated carbocycles. The summed E-state index contributed by atoms with van der Waals surface area (Å²) in [7, 11) is 0. The van der Waals surface area contributed by atoms with Crippen molar-refractivity contribution in [3.63, 3.8) is 0 Å². The zero-order valence-corrected chi connectivity index (χ0v) is 13.2. The Morgan fingerprint density at radius 3 is 2.73 bits per heavy atom. The molecular formula is C17H20N4O. The number of carbonyl (C=O) groups excluding carboxylic acids is 1. The number of benzene rings is 1. The van der Waals surface area contributed by atoms with E-state index < -0.39 is 0 Å². The van der Waals surface area contributed by atoms with Crippen molar-refractivity contribution >= 4 is 22.6 Å². The van der Waals surface area contributed by atoms with Crippen molar-refractivity contribution in [3.05, 3.63) is 34.9 Å². The fourth-order valence-electron chi connectivity index (χ4n) is 2.41. The van der Waals surface area contributed by atoms with Crippen LogP contribution in [0, 0.1) is 25.2 Å². The van der Waals surface area contributed by atoms with Crippen LogP contribution in [0.25, 0.3) is 10.9 Å². The van der Waals surface area contributed by atoms with Gasteiger partial charge in [0, 0.05) is 25.4 Å². The molecule has 1 heterocycles. The van der Waals surface area contributed by atoms with E-state index in [1.165, 1.54) is 6.92 Å². The average Bonchev–Trinajstić information content (AvgIpc) is 2.45. The second kappa shape index (κ2) is 6.90. The molecule has 1 amide bonds. The van der Waals surface area contributed by atoms with Crippen molar-refractivity contribution in [1.29, 1.82) is 5.26 Å². The van der Waals surface area contributed by atoms with E-state index in [1.807, 2.05) is 26.0 Å². The second-order valence-electron chi connectivity index (χ2n) is 5.41. The molecule has 2 aromatic rings. The SMILES string of the molecule is CC(=O)NCCCNc1nc2cc(C)cc(C)c2cc1C#N. The van der Waals surface area contributed by atoms with Crippen LogP contribution < -0.4 is 10.6 Å². The Morgan fingerprint density at radius 2 is 2.05 bits per heavy atom. The third kappa shape index (κ3) is 3.73. The van der Waals surface area contributed by atoms with Gasteiger partial charge >= 0.3 is 0 Å². The highest BCUT2D eigenvalue weighted by Gasteiger charge is 2.08. The van der Waals surface area contributed by atoms with E-state index >= 15 is 0 Å². The summed E-state index contributed by atoms with van der Waals surface area (Å²) in [5, 5.41) is 16.2. The number of hydrogen-bond acceptors (Lipinski definition) is 4. The quantitative estimate of drug-likeness (QED) is 0.832. The van der Waals surface area contributed by atoms with Crippen LogP contribution in [0.3, 0.4) is 0 Å². The van der Waals surface area contributed by atoms with Crippen molar-refractivity contribution in [3.8, 4) is 6.07 Å². The predicted octanol–water partition coefficient (Wildman–Crippen LogP) is 2.66. The van der Waals surface area contributed by atoms with E-state index in [2.05, 4.69) is 27.8 Å². The molecule has 0 aliphatic rings. The third-order valence-corrected chi connectivity index (χ3v) is 3.43. The standard InChI is InChI=1S/C17H20N4O/c1-11-7-12(2)15-9-14(10-18)17(21-16(15)8-11)20-6-4-5-19-13(3)22/h7-9H,4-6H2,1-3H3,(H,19,22)(H,20,21). The topological polar surface area (TPSA) is 77.8 Å². The number of fused-ring (bicyclic) bond motifs is 1. The molecule has 0 saturated heterocycles. The molecule has 0 atom stereocenters. The third-order valence-electron chi connectivity index (χ3n) is 3.43. The predicted molar refractivity (Wildman–Crippen MR) is 87.7 cm³/mol. The van der Waals surface area contributed by atoms with Crippen LogP contribution in [0.15, 0.2) is 18.2 Å². The van der Waals surface area contributed by atoms with Crippen LogP contribution in [-0.2, 0) is 4.79 Å². The van der Waals surface area contributed by atoms with Crippen molar-refractivity contribution < 1.29 is 4.79 Å². The van der Waals surface area contributed by atoms with Gasteiger partial charge in [0.15, 0.2) is 0 Å². The molecule has 22 heavy (non-hydrogen) atoms. The van der Waals surface area contributed by atoms with Crippen LogP contribution in [0.2, 0.25) is 0 Å². The average molecular weight is 296 g/mol. The lowest BCUT2D eigenvalue weighted by molar-refractivity contribution is -0.118. The molecule has 0 fully saturated rings. The van der Waals surface area contributed by atoms with Gasteiger partial charge in [0.1, 0.15) is 11.9 Å². The molecule has 0 bridgehead atoms. The maximum atomic E-state index is 10.8. The van der Waals surface area contributed by atoms with E-state index in [1.54, 1.807) is 0 Å². The lowest BCUT2D eigenvalue weighted by Gasteiger charge is -2.11. The number of aromatic nitrogens is 1. The van der Waals surface area contributed by atoms with Gasteiger partial charge in [-0.05, 0) is 43.5 Å². The molecule has 0 unspecified atom stereocenters. The minimum absolute atomic E-state index is 0.0347. The lowest BCUT2D eigenvalue weighted by atomic mass is 10.0. The van der Waals surface area contributed by atoms with Crippen molar-refractivity contribution in [2.45, 2.75) is 27.2 Å². The summed E-state index contributed by atoms with van der Waals surface area (Å²) >= 11 is 0. The molecule has 1 aromatic heterocycles. The second-order valence-corrected chi connectivity index (χ2v) is 5.41. The Balaban J connectivity index is 2.18. The zero-order valence-electron chi connectivity index (χ0n) is 13.2. The van der Waals surface area contributed by atoms with Crippen LogP contribution in [-0.4, -0.2) is 24.0 Å². The molecule has 1 aromatic carbocycles. The van der Waals surface area contributed by atoms with Gasteiger partial charge in [-0.3, -0.25) is 4.79 Å². The first-order valence-corrected chi connectivity index (χ1v) is 7.31. The Hall–Kier alpha value is -2.61. The van der Waals surface area contributed by atoms with Gasteiger partial charge in [-0.25, -0.2) is 4.98 Å². The highest BCUT2D eigenvalue weighted by Crippen LogP contribution is 2.24. The van der Waals surface area contributed by atoms with E-state index in [-0.39, 0.29) is 5.91 Å². The highest BCUT2D eigenvalue weighted by molar-refractivity contribution is 5.86. The molecule has 5 nitrogen and oxygen atoms in total. The molecule has 2 N–H and O–H groups in total. The molecule has 114 valence electrons. The van der Waals surface area contributed by atoms with Crippen molar-refractivity contribution in [2.75, 3.05) is 18.4 Å². The summed E-state index contributed by atoms with van der Waals surface area (Å²) in [6.45, 7) is 6.82. The minimum Gasteiger partial charge on any atom is -0.369 e. The van der Waals surface area contributed by atoms with Gasteiger partial charge in [-0.15, -0.1) is 0 Å².